The van der Waals surface area contributed by atoms with E-state index in [0.29, 0.717) is 11.6 Å². The molecule has 6 nitrogen and oxygen atoms in total. The average molecular weight is 425 g/mol. The van der Waals surface area contributed by atoms with Gasteiger partial charge in [-0.25, -0.2) is 18.7 Å². The van der Waals surface area contributed by atoms with Gasteiger partial charge in [-0.2, -0.15) is 0 Å². The Morgan fingerprint density at radius 1 is 1.19 bits per heavy atom. The number of halogens is 2. The van der Waals surface area contributed by atoms with Crippen LogP contribution in [0.15, 0.2) is 54.9 Å². The lowest BCUT2D eigenvalue weighted by atomic mass is 9.65. The van der Waals surface area contributed by atoms with E-state index in [-0.39, 0.29) is 31.6 Å². The number of alkyl halides is 1. The third-order valence-electron chi connectivity index (χ3n) is 5.78. The van der Waals surface area contributed by atoms with Crippen LogP contribution in [0.25, 0.3) is 11.1 Å². The molecule has 1 atom stereocenters. The first-order valence-corrected chi connectivity index (χ1v) is 10.2. The zero-order valence-corrected chi connectivity index (χ0v) is 17.3. The van der Waals surface area contributed by atoms with Gasteiger partial charge in [0.25, 0.3) is 0 Å². The molecule has 3 aromatic rings. The van der Waals surface area contributed by atoms with Crippen LogP contribution in [0.3, 0.4) is 0 Å². The normalized spacial score (nSPS) is 21.4. The van der Waals surface area contributed by atoms with Crippen molar-refractivity contribution in [2.24, 2.45) is 5.73 Å². The zero-order chi connectivity index (χ0) is 21.8. The number of nitrogens with two attached hydrogens (primary N) is 1. The van der Waals surface area contributed by atoms with Gasteiger partial charge in [0.15, 0.2) is 0 Å². The third kappa shape index (κ3) is 4.26. The van der Waals surface area contributed by atoms with Crippen molar-refractivity contribution in [3.63, 3.8) is 0 Å². The van der Waals surface area contributed by atoms with Gasteiger partial charge in [-0.05, 0) is 30.5 Å². The van der Waals surface area contributed by atoms with Gasteiger partial charge in [0.05, 0.1) is 11.4 Å². The van der Waals surface area contributed by atoms with Crippen molar-refractivity contribution in [2.45, 2.75) is 30.5 Å². The van der Waals surface area contributed by atoms with Crippen LogP contribution in [0.4, 0.5) is 14.7 Å². The van der Waals surface area contributed by atoms with Crippen molar-refractivity contribution in [3.8, 4) is 11.1 Å². The molecule has 0 spiro atoms. The molecule has 1 unspecified atom stereocenters. The molecule has 2 heterocycles. The lowest BCUT2D eigenvalue weighted by Crippen LogP contribution is -2.49. The number of hydrogen-bond acceptors (Lipinski definition) is 6. The van der Waals surface area contributed by atoms with Gasteiger partial charge in [0.1, 0.15) is 18.1 Å². The Morgan fingerprint density at radius 3 is 2.61 bits per heavy atom. The molecule has 1 aliphatic rings. The summed E-state index contributed by atoms with van der Waals surface area (Å²) in [5, 5.41) is 3.16. The molecule has 3 N–H and O–H groups in total. The molecule has 162 valence electrons. The maximum atomic E-state index is 14.4. The molecule has 0 bridgehead atoms. The van der Waals surface area contributed by atoms with Crippen LogP contribution in [-0.2, 0) is 10.2 Å². The molecular formula is C23H25F2N5O. The molecule has 1 fully saturated rings. The lowest BCUT2D eigenvalue weighted by molar-refractivity contribution is 0.0962. The van der Waals surface area contributed by atoms with Crippen molar-refractivity contribution in [3.05, 3.63) is 72.1 Å². The fraction of sp³-hybridized carbons (Fsp3) is 0.348. The van der Waals surface area contributed by atoms with E-state index in [4.69, 9.17) is 10.5 Å². The van der Waals surface area contributed by atoms with Gasteiger partial charge in [-0.15, -0.1) is 0 Å². The van der Waals surface area contributed by atoms with Crippen molar-refractivity contribution in [1.82, 2.24) is 15.0 Å². The summed E-state index contributed by atoms with van der Waals surface area (Å²) in [5.41, 5.74) is 7.86. The molecule has 8 heteroatoms. The van der Waals surface area contributed by atoms with E-state index < -0.39 is 23.5 Å². The number of anilines is 1. The molecule has 0 aliphatic heterocycles. The Balaban J connectivity index is 1.63. The molecule has 31 heavy (non-hydrogen) atoms. The second kappa shape index (κ2) is 9.03. The van der Waals surface area contributed by atoms with E-state index in [9.17, 15) is 8.78 Å². The van der Waals surface area contributed by atoms with Gasteiger partial charge < -0.3 is 15.8 Å². The van der Waals surface area contributed by atoms with E-state index in [1.54, 1.807) is 13.3 Å². The van der Waals surface area contributed by atoms with Crippen LogP contribution in [0.1, 0.15) is 30.3 Å². The highest BCUT2D eigenvalue weighted by atomic mass is 19.1. The van der Waals surface area contributed by atoms with Gasteiger partial charge in [0.2, 0.25) is 5.95 Å². The Labute approximate surface area is 179 Å². The van der Waals surface area contributed by atoms with E-state index in [2.05, 4.69) is 20.3 Å². The number of benzene rings is 1. The van der Waals surface area contributed by atoms with Crippen LogP contribution in [-0.4, -0.2) is 41.3 Å². The van der Waals surface area contributed by atoms with E-state index >= 15 is 0 Å². The summed E-state index contributed by atoms with van der Waals surface area (Å²) in [6.07, 6.45) is 2.25. The SMILES string of the molecule is COC(CN)c1nc(NCC2(c3ncccc3F)CC(F)C2)ncc1-c1ccccc1. The second-order valence-electron chi connectivity index (χ2n) is 7.79. The topological polar surface area (TPSA) is 86.0 Å². The Morgan fingerprint density at radius 2 is 1.97 bits per heavy atom. The minimum Gasteiger partial charge on any atom is -0.374 e. The summed E-state index contributed by atoms with van der Waals surface area (Å²) < 4.78 is 33.7. The summed E-state index contributed by atoms with van der Waals surface area (Å²) in [6.45, 7) is 0.519. The highest BCUT2D eigenvalue weighted by molar-refractivity contribution is 5.66. The summed E-state index contributed by atoms with van der Waals surface area (Å²) in [4.78, 5) is 13.3. The van der Waals surface area contributed by atoms with E-state index in [1.807, 2.05) is 30.3 Å². The molecule has 0 saturated heterocycles. The first kappa shape index (κ1) is 21.3. The standard InChI is InChI=1S/C23H25F2N5O/c1-31-19(12-26)20-17(15-6-3-2-4-7-15)13-28-22(30-20)29-14-23(10-16(24)11-23)21-18(25)8-5-9-27-21/h2-9,13,16,19H,10-12,14,26H2,1H3,(H,28,29,30). The van der Waals surface area contributed by atoms with Crippen LogP contribution < -0.4 is 11.1 Å². The summed E-state index contributed by atoms with van der Waals surface area (Å²) in [7, 11) is 1.58. The van der Waals surface area contributed by atoms with Crippen LogP contribution in [0.5, 0.6) is 0 Å². The maximum absolute atomic E-state index is 14.4. The largest absolute Gasteiger partial charge is 0.374 e. The minimum absolute atomic E-state index is 0.201. The minimum atomic E-state index is -0.977. The number of ether oxygens (including phenoxy) is 1. The Hall–Kier alpha value is -2.97. The van der Waals surface area contributed by atoms with Crippen LogP contribution in [0, 0.1) is 5.82 Å². The number of pyridine rings is 1. The fourth-order valence-electron chi connectivity index (χ4n) is 4.12. The molecular weight excluding hydrogens is 400 g/mol. The van der Waals surface area contributed by atoms with Crippen molar-refractivity contribution in [2.75, 3.05) is 25.5 Å². The first-order valence-electron chi connectivity index (χ1n) is 10.2. The number of nitrogens with one attached hydrogen (secondary N) is 1. The molecule has 2 aromatic heterocycles. The molecule has 0 amide bonds. The molecule has 0 radical (unpaired) electrons. The quantitative estimate of drug-likeness (QED) is 0.571. The molecule has 1 saturated carbocycles. The number of methoxy groups -OCH3 is 1. The summed E-state index contributed by atoms with van der Waals surface area (Å²) in [6, 6.07) is 12.6. The average Bonchev–Trinajstić information content (AvgIpc) is 2.78. The van der Waals surface area contributed by atoms with Crippen molar-refractivity contribution >= 4 is 5.95 Å². The predicted octanol–water partition coefficient (Wildman–Crippen LogP) is 3.81. The number of aromatic nitrogens is 3. The maximum Gasteiger partial charge on any atom is 0.223 e. The monoisotopic (exact) mass is 425 g/mol. The Bertz CT molecular complexity index is 1020. The molecule has 4 rings (SSSR count). The first-order chi connectivity index (χ1) is 15.1. The third-order valence-corrected chi connectivity index (χ3v) is 5.78. The van der Waals surface area contributed by atoms with Gasteiger partial charge in [0, 0.05) is 43.6 Å². The van der Waals surface area contributed by atoms with E-state index in [0.717, 1.165) is 11.1 Å². The van der Waals surface area contributed by atoms with Gasteiger partial charge in [-0.3, -0.25) is 4.98 Å². The second-order valence-corrected chi connectivity index (χ2v) is 7.79. The van der Waals surface area contributed by atoms with Crippen molar-refractivity contribution in [1.29, 1.82) is 0 Å². The smallest absolute Gasteiger partial charge is 0.223 e. The zero-order valence-electron chi connectivity index (χ0n) is 17.3. The molecule has 1 aromatic carbocycles. The van der Waals surface area contributed by atoms with Crippen LogP contribution >= 0.6 is 0 Å². The van der Waals surface area contributed by atoms with Crippen molar-refractivity contribution < 1.29 is 13.5 Å². The Kier molecular flexibility index (Phi) is 6.20. The summed E-state index contributed by atoms with van der Waals surface area (Å²) >= 11 is 0. The van der Waals surface area contributed by atoms with Gasteiger partial charge >= 0.3 is 0 Å². The number of nitrogens with zero attached hydrogens (tertiary/aromatic N) is 3. The van der Waals surface area contributed by atoms with Gasteiger partial charge in [-0.1, -0.05) is 30.3 Å². The predicted molar refractivity (Wildman–Crippen MR) is 115 cm³/mol. The number of rotatable bonds is 8. The highest BCUT2D eigenvalue weighted by Crippen LogP contribution is 2.45. The van der Waals surface area contributed by atoms with Crippen LogP contribution in [0.2, 0.25) is 0 Å². The highest BCUT2D eigenvalue weighted by Gasteiger charge is 2.48. The number of hydrogen-bond donors (Lipinski definition) is 2. The van der Waals surface area contributed by atoms with E-state index in [1.165, 1.54) is 18.3 Å². The molecule has 1 aliphatic carbocycles. The fourth-order valence-corrected chi connectivity index (χ4v) is 4.12. The summed E-state index contributed by atoms with van der Waals surface area (Å²) in [5.74, 6) is -0.0805. The lowest BCUT2D eigenvalue weighted by Gasteiger charge is -2.43.